The van der Waals surface area contributed by atoms with E-state index in [-0.39, 0.29) is 0 Å². The van der Waals surface area contributed by atoms with Crippen LogP contribution < -0.4 is 0 Å². The molecule has 1 aliphatic rings. The van der Waals surface area contributed by atoms with Gasteiger partial charge in [-0.3, -0.25) is 0 Å². The molecule has 1 aromatic heterocycles. The third kappa shape index (κ3) is 1.86. The summed E-state index contributed by atoms with van der Waals surface area (Å²) in [5, 5.41) is 0.414. The molecule has 2 nitrogen and oxygen atoms in total. The summed E-state index contributed by atoms with van der Waals surface area (Å²) in [6.45, 7) is 0. The van der Waals surface area contributed by atoms with Crippen LogP contribution in [0.2, 0.25) is 5.15 Å². The van der Waals surface area contributed by atoms with Crippen LogP contribution in [-0.2, 0) is 12.8 Å². The molecule has 0 aliphatic heterocycles. The molecule has 1 heterocycles. The lowest BCUT2D eigenvalue weighted by atomic mass is 10.2. The van der Waals surface area contributed by atoms with Gasteiger partial charge in [0.2, 0.25) is 0 Å². The maximum absolute atomic E-state index is 13.2. The molecule has 18 heavy (non-hydrogen) atoms. The molecule has 92 valence electrons. The van der Waals surface area contributed by atoms with Crippen molar-refractivity contribution in [3.8, 4) is 11.4 Å². The van der Waals surface area contributed by atoms with Gasteiger partial charge in [-0.15, -0.1) is 0 Å². The highest BCUT2D eigenvalue weighted by molar-refractivity contribution is 6.30. The van der Waals surface area contributed by atoms with Crippen LogP contribution in [-0.4, -0.2) is 9.97 Å². The number of fused-ring (bicyclic) bond motifs is 1. The molecule has 0 spiro atoms. The number of rotatable bonds is 1. The topological polar surface area (TPSA) is 25.8 Å². The van der Waals surface area contributed by atoms with Crippen molar-refractivity contribution in [1.29, 1.82) is 0 Å². The van der Waals surface area contributed by atoms with Gasteiger partial charge in [-0.2, -0.15) is 0 Å². The fourth-order valence-electron chi connectivity index (χ4n) is 2.15. The molecule has 0 radical (unpaired) electrons. The lowest BCUT2D eigenvalue weighted by Gasteiger charge is -2.06. The van der Waals surface area contributed by atoms with Crippen molar-refractivity contribution in [2.75, 3.05) is 0 Å². The Labute approximate surface area is 108 Å². The number of halogens is 3. The van der Waals surface area contributed by atoms with E-state index in [2.05, 4.69) is 9.97 Å². The number of nitrogens with zero attached hydrogens (tertiary/aromatic N) is 2. The summed E-state index contributed by atoms with van der Waals surface area (Å²) in [5.41, 5.74) is 2.32. The predicted octanol–water partition coefficient (Wildman–Crippen LogP) is 3.56. The second kappa shape index (κ2) is 4.28. The van der Waals surface area contributed by atoms with E-state index in [1.54, 1.807) is 0 Å². The number of aromatic nitrogens is 2. The highest BCUT2D eigenvalue weighted by Gasteiger charge is 2.19. The van der Waals surface area contributed by atoms with E-state index in [0.29, 0.717) is 16.5 Å². The molecule has 1 aliphatic carbocycles. The van der Waals surface area contributed by atoms with Crippen molar-refractivity contribution < 1.29 is 8.78 Å². The fourth-order valence-corrected chi connectivity index (χ4v) is 2.43. The van der Waals surface area contributed by atoms with E-state index in [9.17, 15) is 8.78 Å². The summed E-state index contributed by atoms with van der Waals surface area (Å²) >= 11 is 6.08. The third-order valence-electron chi connectivity index (χ3n) is 3.06. The van der Waals surface area contributed by atoms with Crippen LogP contribution in [0.5, 0.6) is 0 Å². The average molecular weight is 267 g/mol. The van der Waals surface area contributed by atoms with Gasteiger partial charge in [0.25, 0.3) is 0 Å². The first-order chi connectivity index (χ1) is 8.65. The van der Waals surface area contributed by atoms with Crippen LogP contribution in [0.25, 0.3) is 11.4 Å². The first kappa shape index (κ1) is 11.5. The van der Waals surface area contributed by atoms with E-state index >= 15 is 0 Å². The van der Waals surface area contributed by atoms with Crippen LogP contribution in [0.4, 0.5) is 8.78 Å². The Hall–Kier alpha value is -1.55. The number of benzene rings is 1. The Balaban J connectivity index is 2.12. The van der Waals surface area contributed by atoms with Crippen LogP contribution >= 0.6 is 11.6 Å². The molecule has 5 heteroatoms. The first-order valence-electron chi connectivity index (χ1n) is 5.66. The summed E-state index contributed by atoms with van der Waals surface area (Å²) in [5.74, 6) is -1.45. The van der Waals surface area contributed by atoms with Crippen molar-refractivity contribution in [2.24, 2.45) is 0 Å². The van der Waals surface area contributed by atoms with Gasteiger partial charge < -0.3 is 0 Å². The van der Waals surface area contributed by atoms with Gasteiger partial charge in [0, 0.05) is 16.8 Å². The van der Waals surface area contributed by atoms with Gasteiger partial charge in [-0.05, 0) is 37.5 Å². The quantitative estimate of drug-likeness (QED) is 0.738. The normalized spacial score (nSPS) is 13.7. The van der Waals surface area contributed by atoms with Crippen LogP contribution in [0.1, 0.15) is 17.7 Å². The maximum atomic E-state index is 13.2. The number of hydrogen-bond acceptors (Lipinski definition) is 2. The Morgan fingerprint density at radius 1 is 1.06 bits per heavy atom. The maximum Gasteiger partial charge on any atom is 0.161 e. The molecule has 0 amide bonds. The molecular formula is C13H9ClF2N2. The predicted molar refractivity (Wildman–Crippen MR) is 64.4 cm³/mol. The van der Waals surface area contributed by atoms with Gasteiger partial charge in [-0.25, -0.2) is 18.7 Å². The molecule has 0 N–H and O–H groups in total. The largest absolute Gasteiger partial charge is 0.233 e. The Bertz CT molecular complexity index is 629. The number of hydrogen-bond donors (Lipinski definition) is 0. The molecule has 0 bridgehead atoms. The molecule has 0 saturated carbocycles. The Morgan fingerprint density at radius 3 is 2.67 bits per heavy atom. The van der Waals surface area contributed by atoms with Gasteiger partial charge in [0.1, 0.15) is 5.15 Å². The number of aryl methyl sites for hydroxylation is 1. The SMILES string of the molecule is Fc1ccc(-c2nc(Cl)c3c(n2)CCC3)cc1F. The lowest BCUT2D eigenvalue weighted by Crippen LogP contribution is -1.98. The molecule has 1 aromatic carbocycles. The van der Waals surface area contributed by atoms with Gasteiger partial charge >= 0.3 is 0 Å². The minimum atomic E-state index is -0.910. The summed E-state index contributed by atoms with van der Waals surface area (Å²) in [6.07, 6.45) is 2.74. The molecular weight excluding hydrogens is 258 g/mol. The zero-order valence-electron chi connectivity index (χ0n) is 9.38. The highest BCUT2D eigenvalue weighted by atomic mass is 35.5. The zero-order chi connectivity index (χ0) is 12.7. The summed E-state index contributed by atoms with van der Waals surface area (Å²) < 4.78 is 26.0. The summed E-state index contributed by atoms with van der Waals surface area (Å²) in [6, 6.07) is 3.60. The van der Waals surface area contributed by atoms with Crippen molar-refractivity contribution in [3.63, 3.8) is 0 Å². The Morgan fingerprint density at radius 2 is 1.89 bits per heavy atom. The minimum Gasteiger partial charge on any atom is -0.233 e. The smallest absolute Gasteiger partial charge is 0.161 e. The molecule has 2 aromatic rings. The van der Waals surface area contributed by atoms with E-state index in [1.165, 1.54) is 6.07 Å². The lowest BCUT2D eigenvalue weighted by molar-refractivity contribution is 0.509. The van der Waals surface area contributed by atoms with Crippen LogP contribution in [0, 0.1) is 11.6 Å². The van der Waals surface area contributed by atoms with E-state index in [0.717, 1.165) is 42.7 Å². The van der Waals surface area contributed by atoms with E-state index < -0.39 is 11.6 Å². The van der Waals surface area contributed by atoms with Crippen molar-refractivity contribution in [2.45, 2.75) is 19.3 Å². The van der Waals surface area contributed by atoms with E-state index in [4.69, 9.17) is 11.6 Å². The molecule has 0 atom stereocenters. The van der Waals surface area contributed by atoms with Gasteiger partial charge in [-0.1, -0.05) is 11.6 Å². The Kier molecular flexibility index (Phi) is 2.74. The fraction of sp³-hybridized carbons (Fsp3) is 0.231. The third-order valence-corrected chi connectivity index (χ3v) is 3.37. The van der Waals surface area contributed by atoms with Crippen molar-refractivity contribution in [1.82, 2.24) is 9.97 Å². The van der Waals surface area contributed by atoms with Crippen LogP contribution in [0.3, 0.4) is 0 Å². The summed E-state index contributed by atoms with van der Waals surface area (Å²) in [7, 11) is 0. The second-order valence-electron chi connectivity index (χ2n) is 4.25. The zero-order valence-corrected chi connectivity index (χ0v) is 10.1. The van der Waals surface area contributed by atoms with Gasteiger partial charge in [0.05, 0.1) is 0 Å². The minimum absolute atomic E-state index is 0.347. The second-order valence-corrected chi connectivity index (χ2v) is 4.60. The standard InChI is InChI=1S/C13H9ClF2N2/c14-12-8-2-1-3-11(8)17-13(18-12)7-4-5-9(15)10(16)6-7/h4-6H,1-3H2. The average Bonchev–Trinajstić information content (AvgIpc) is 2.81. The molecule has 0 fully saturated rings. The molecule has 0 unspecified atom stereocenters. The first-order valence-corrected chi connectivity index (χ1v) is 6.03. The monoisotopic (exact) mass is 266 g/mol. The van der Waals surface area contributed by atoms with Crippen LogP contribution in [0.15, 0.2) is 18.2 Å². The summed E-state index contributed by atoms with van der Waals surface area (Å²) in [4.78, 5) is 8.52. The molecule has 0 saturated heterocycles. The van der Waals surface area contributed by atoms with Crippen molar-refractivity contribution >= 4 is 11.6 Å². The van der Waals surface area contributed by atoms with E-state index in [1.807, 2.05) is 0 Å². The van der Waals surface area contributed by atoms with Crippen molar-refractivity contribution in [3.05, 3.63) is 46.2 Å². The highest BCUT2D eigenvalue weighted by Crippen LogP contribution is 2.29. The van der Waals surface area contributed by atoms with Gasteiger partial charge in [0.15, 0.2) is 17.5 Å². The molecule has 3 rings (SSSR count).